The lowest BCUT2D eigenvalue weighted by Gasteiger charge is -2.32. The molecule has 0 spiro atoms. The summed E-state index contributed by atoms with van der Waals surface area (Å²) in [7, 11) is -3.97. The molecule has 3 aromatic rings. The first-order valence-corrected chi connectivity index (χ1v) is 14.0. The topological polar surface area (TPSA) is 134 Å². The molecule has 39 heavy (non-hydrogen) atoms. The highest BCUT2D eigenvalue weighted by atomic mass is 32.2. The zero-order valence-corrected chi connectivity index (χ0v) is 22.2. The van der Waals surface area contributed by atoms with Crippen molar-refractivity contribution < 1.29 is 27.5 Å². The predicted octanol–water partition coefficient (Wildman–Crippen LogP) is 3.14. The number of carbonyl (C=O) groups is 3. The number of nitrogens with zero attached hydrogens (tertiary/aromatic N) is 1. The van der Waals surface area contributed by atoms with Crippen LogP contribution in [0.25, 0.3) is 0 Å². The van der Waals surface area contributed by atoms with Crippen LogP contribution in [0.3, 0.4) is 0 Å². The fourth-order valence-electron chi connectivity index (χ4n) is 4.18. The monoisotopic (exact) mass is 550 g/mol. The minimum atomic E-state index is -3.97. The first kappa shape index (κ1) is 27.6. The van der Waals surface area contributed by atoms with Crippen molar-refractivity contribution >= 4 is 33.4 Å². The van der Waals surface area contributed by atoms with Gasteiger partial charge in [-0.2, -0.15) is 0 Å². The molecule has 3 amide bonds. The van der Waals surface area contributed by atoms with Gasteiger partial charge in [-0.05, 0) is 61.4 Å². The first-order chi connectivity index (χ1) is 18.7. The van der Waals surface area contributed by atoms with Gasteiger partial charge in [-0.3, -0.25) is 19.1 Å². The number of likely N-dealkylation sites (tertiary alicyclic amines) is 1. The SMILES string of the molecule is CC(=O)NC1CCN(C(=O)CNC(=O)c2ccc(S(=O)(=O)Nc3ccccc3Oc3ccccc3)cc2)CC1. The fourth-order valence-corrected chi connectivity index (χ4v) is 5.25. The number of para-hydroxylation sites is 3. The predicted molar refractivity (Wildman–Crippen MR) is 146 cm³/mol. The van der Waals surface area contributed by atoms with Gasteiger partial charge in [0.2, 0.25) is 11.8 Å². The average molecular weight is 551 g/mol. The molecule has 4 rings (SSSR count). The van der Waals surface area contributed by atoms with Crippen molar-refractivity contribution in [2.75, 3.05) is 24.4 Å². The van der Waals surface area contributed by atoms with Crippen molar-refractivity contribution in [1.29, 1.82) is 0 Å². The number of nitrogens with one attached hydrogen (secondary N) is 3. The highest BCUT2D eigenvalue weighted by Crippen LogP contribution is 2.31. The Hall–Kier alpha value is -4.38. The molecule has 11 heteroatoms. The van der Waals surface area contributed by atoms with E-state index in [0.717, 1.165) is 0 Å². The normalized spacial score (nSPS) is 13.8. The van der Waals surface area contributed by atoms with Crippen LogP contribution < -0.4 is 20.1 Å². The summed E-state index contributed by atoms with van der Waals surface area (Å²) in [6, 6.07) is 21.2. The molecular weight excluding hydrogens is 520 g/mol. The molecule has 0 aromatic heterocycles. The number of rotatable bonds is 9. The number of benzene rings is 3. The van der Waals surface area contributed by atoms with Crippen molar-refractivity contribution in [3.63, 3.8) is 0 Å². The number of sulfonamides is 1. The van der Waals surface area contributed by atoms with Crippen LogP contribution in [0.5, 0.6) is 11.5 Å². The van der Waals surface area contributed by atoms with E-state index in [1.807, 2.05) is 18.2 Å². The first-order valence-electron chi connectivity index (χ1n) is 12.5. The molecule has 204 valence electrons. The number of piperidine rings is 1. The minimum absolute atomic E-state index is 0.0355. The average Bonchev–Trinajstić information content (AvgIpc) is 2.93. The summed E-state index contributed by atoms with van der Waals surface area (Å²) < 4.78 is 34.4. The molecule has 0 atom stereocenters. The maximum absolute atomic E-state index is 13.0. The van der Waals surface area contributed by atoms with Crippen LogP contribution in [0.1, 0.15) is 30.1 Å². The van der Waals surface area contributed by atoms with Gasteiger partial charge in [-0.15, -0.1) is 0 Å². The summed E-state index contributed by atoms with van der Waals surface area (Å²) in [4.78, 5) is 37.9. The van der Waals surface area contributed by atoms with Crippen LogP contribution in [-0.4, -0.2) is 56.7 Å². The third kappa shape index (κ3) is 7.57. The standard InChI is InChI=1S/C28H30N4O6S/c1-20(33)30-22-15-17-32(18-16-22)27(34)19-29-28(35)21-11-13-24(14-12-21)39(36,37)31-25-9-5-6-10-26(25)38-23-7-3-2-4-8-23/h2-14,22,31H,15-19H2,1H3,(H,29,35)(H,30,33). The van der Waals surface area contributed by atoms with Gasteiger partial charge in [0.15, 0.2) is 5.75 Å². The van der Waals surface area contributed by atoms with Crippen LogP contribution in [0, 0.1) is 0 Å². The fraction of sp³-hybridized carbons (Fsp3) is 0.250. The molecule has 1 aliphatic rings. The van der Waals surface area contributed by atoms with Crippen molar-refractivity contribution in [1.82, 2.24) is 15.5 Å². The molecule has 0 aliphatic carbocycles. The highest BCUT2D eigenvalue weighted by Gasteiger charge is 2.24. The van der Waals surface area contributed by atoms with E-state index >= 15 is 0 Å². The Morgan fingerprint density at radius 3 is 2.21 bits per heavy atom. The summed E-state index contributed by atoms with van der Waals surface area (Å²) in [5.74, 6) is 0.0997. The van der Waals surface area contributed by atoms with E-state index < -0.39 is 15.9 Å². The number of anilines is 1. The Labute approximate surface area is 227 Å². The maximum Gasteiger partial charge on any atom is 0.262 e. The molecule has 10 nitrogen and oxygen atoms in total. The molecule has 1 heterocycles. The highest BCUT2D eigenvalue weighted by molar-refractivity contribution is 7.92. The zero-order valence-electron chi connectivity index (χ0n) is 21.4. The summed E-state index contributed by atoms with van der Waals surface area (Å²) in [5.41, 5.74) is 0.488. The Kier molecular flexibility index (Phi) is 8.82. The van der Waals surface area contributed by atoms with Gasteiger partial charge < -0.3 is 20.3 Å². The summed E-state index contributed by atoms with van der Waals surface area (Å²) in [5, 5.41) is 5.44. The maximum atomic E-state index is 13.0. The largest absolute Gasteiger partial charge is 0.455 e. The minimum Gasteiger partial charge on any atom is -0.455 e. The third-order valence-corrected chi connectivity index (χ3v) is 7.57. The number of amides is 3. The van der Waals surface area contributed by atoms with Gasteiger partial charge in [-0.1, -0.05) is 30.3 Å². The van der Waals surface area contributed by atoms with Crippen LogP contribution in [0.15, 0.2) is 83.8 Å². The van der Waals surface area contributed by atoms with Gasteiger partial charge in [-0.25, -0.2) is 8.42 Å². The number of ether oxygens (including phenoxy) is 1. The molecule has 1 fully saturated rings. The second-order valence-electron chi connectivity index (χ2n) is 9.08. The van der Waals surface area contributed by atoms with Crippen molar-refractivity contribution in [2.45, 2.75) is 30.7 Å². The summed E-state index contributed by atoms with van der Waals surface area (Å²) in [6.07, 6.45) is 1.32. The lowest BCUT2D eigenvalue weighted by Crippen LogP contribution is -2.48. The Morgan fingerprint density at radius 1 is 0.897 bits per heavy atom. The van der Waals surface area contributed by atoms with Crippen LogP contribution >= 0.6 is 0 Å². The molecular formula is C28H30N4O6S. The van der Waals surface area contributed by atoms with Gasteiger partial charge in [0.05, 0.1) is 17.1 Å². The number of hydrogen-bond donors (Lipinski definition) is 3. The smallest absolute Gasteiger partial charge is 0.262 e. The van der Waals surface area contributed by atoms with Crippen molar-refractivity contribution in [3.05, 3.63) is 84.4 Å². The molecule has 0 saturated carbocycles. The second kappa shape index (κ2) is 12.4. The van der Waals surface area contributed by atoms with Gasteiger partial charge in [0.1, 0.15) is 5.75 Å². The lowest BCUT2D eigenvalue weighted by atomic mass is 10.0. The van der Waals surface area contributed by atoms with E-state index in [1.54, 1.807) is 41.3 Å². The second-order valence-corrected chi connectivity index (χ2v) is 10.8. The molecule has 0 unspecified atom stereocenters. The van der Waals surface area contributed by atoms with E-state index in [-0.39, 0.29) is 40.5 Å². The molecule has 1 saturated heterocycles. The lowest BCUT2D eigenvalue weighted by molar-refractivity contribution is -0.131. The number of carbonyl (C=O) groups excluding carboxylic acids is 3. The molecule has 0 radical (unpaired) electrons. The summed E-state index contributed by atoms with van der Waals surface area (Å²) >= 11 is 0. The van der Waals surface area contributed by atoms with E-state index in [9.17, 15) is 22.8 Å². The molecule has 0 bridgehead atoms. The van der Waals surface area contributed by atoms with E-state index in [0.29, 0.717) is 37.4 Å². The van der Waals surface area contributed by atoms with Crippen LogP contribution in [-0.2, 0) is 19.6 Å². The number of hydrogen-bond acceptors (Lipinski definition) is 6. The third-order valence-electron chi connectivity index (χ3n) is 6.18. The van der Waals surface area contributed by atoms with Gasteiger partial charge in [0.25, 0.3) is 15.9 Å². The van der Waals surface area contributed by atoms with Crippen LogP contribution in [0.2, 0.25) is 0 Å². The molecule has 3 aromatic carbocycles. The van der Waals surface area contributed by atoms with Crippen LogP contribution in [0.4, 0.5) is 5.69 Å². The van der Waals surface area contributed by atoms with E-state index in [4.69, 9.17) is 4.74 Å². The van der Waals surface area contributed by atoms with E-state index in [2.05, 4.69) is 15.4 Å². The van der Waals surface area contributed by atoms with Crippen molar-refractivity contribution in [2.24, 2.45) is 0 Å². The molecule has 3 N–H and O–H groups in total. The summed E-state index contributed by atoms with van der Waals surface area (Å²) in [6.45, 7) is 2.29. The Morgan fingerprint density at radius 2 is 1.54 bits per heavy atom. The van der Waals surface area contributed by atoms with Gasteiger partial charge >= 0.3 is 0 Å². The Bertz CT molecular complexity index is 1420. The van der Waals surface area contributed by atoms with E-state index in [1.165, 1.54) is 31.2 Å². The Balaban J connectivity index is 1.33. The quantitative estimate of drug-likeness (QED) is 0.375. The van der Waals surface area contributed by atoms with Gasteiger partial charge in [0, 0.05) is 31.6 Å². The zero-order chi connectivity index (χ0) is 27.8. The molecule has 1 aliphatic heterocycles. The van der Waals surface area contributed by atoms with Crippen molar-refractivity contribution in [3.8, 4) is 11.5 Å².